The molecule has 0 atom stereocenters. The molecule has 0 aliphatic carbocycles. The van der Waals surface area contributed by atoms with Gasteiger partial charge >= 0.3 is 0 Å². The Hall–Kier alpha value is -2.54. The number of benzene rings is 2. The standard InChI is InChI=1S/C21H16Cl2N4OS/c1-28-17-5-3-16(4-6-17)27-20(15-8-10-24-11-9-15)25-26-21(27)29-13-14-2-7-18(22)19(23)12-14/h2-12H,13H2,1H3. The van der Waals surface area contributed by atoms with E-state index in [4.69, 9.17) is 27.9 Å². The Balaban J connectivity index is 1.71. The molecule has 2 heterocycles. The number of hydrogen-bond donors (Lipinski definition) is 0. The first-order chi connectivity index (χ1) is 14.2. The van der Waals surface area contributed by atoms with Gasteiger partial charge in [-0.1, -0.05) is 41.0 Å². The van der Waals surface area contributed by atoms with Gasteiger partial charge in [-0.2, -0.15) is 0 Å². The minimum atomic E-state index is 0.541. The van der Waals surface area contributed by atoms with E-state index in [1.165, 1.54) is 0 Å². The van der Waals surface area contributed by atoms with Crippen molar-refractivity contribution in [1.82, 2.24) is 19.7 Å². The first-order valence-corrected chi connectivity index (χ1v) is 10.5. The molecule has 0 saturated heterocycles. The second-order valence-corrected chi connectivity index (χ2v) is 7.87. The fourth-order valence-electron chi connectivity index (χ4n) is 2.79. The van der Waals surface area contributed by atoms with Gasteiger partial charge in [0.15, 0.2) is 11.0 Å². The highest BCUT2D eigenvalue weighted by molar-refractivity contribution is 7.98. The Morgan fingerprint density at radius 3 is 2.38 bits per heavy atom. The molecule has 5 nitrogen and oxygen atoms in total. The van der Waals surface area contributed by atoms with Gasteiger partial charge in [0.05, 0.1) is 17.2 Å². The van der Waals surface area contributed by atoms with E-state index in [0.29, 0.717) is 15.8 Å². The smallest absolute Gasteiger partial charge is 0.196 e. The van der Waals surface area contributed by atoms with Crippen molar-refractivity contribution in [2.75, 3.05) is 7.11 Å². The van der Waals surface area contributed by atoms with Crippen molar-refractivity contribution in [2.45, 2.75) is 10.9 Å². The summed E-state index contributed by atoms with van der Waals surface area (Å²) in [5.41, 5.74) is 2.93. The van der Waals surface area contributed by atoms with Crippen LogP contribution in [-0.4, -0.2) is 26.9 Å². The van der Waals surface area contributed by atoms with Gasteiger partial charge in [0, 0.05) is 29.4 Å². The van der Waals surface area contributed by atoms with Gasteiger partial charge < -0.3 is 4.74 Å². The van der Waals surface area contributed by atoms with Crippen LogP contribution in [0.2, 0.25) is 10.0 Å². The highest BCUT2D eigenvalue weighted by Gasteiger charge is 2.16. The van der Waals surface area contributed by atoms with Gasteiger partial charge in [-0.25, -0.2) is 0 Å². The lowest BCUT2D eigenvalue weighted by atomic mass is 10.2. The van der Waals surface area contributed by atoms with E-state index < -0.39 is 0 Å². The topological polar surface area (TPSA) is 52.8 Å². The molecule has 4 aromatic rings. The average Bonchev–Trinajstić information content (AvgIpc) is 3.19. The Morgan fingerprint density at radius 2 is 1.69 bits per heavy atom. The number of hydrogen-bond acceptors (Lipinski definition) is 5. The molecule has 0 N–H and O–H groups in total. The fraction of sp³-hybridized carbons (Fsp3) is 0.0952. The SMILES string of the molecule is COc1ccc(-n2c(SCc3ccc(Cl)c(Cl)c3)nnc2-c2ccncc2)cc1. The molecular weight excluding hydrogens is 427 g/mol. The second-order valence-electron chi connectivity index (χ2n) is 6.11. The van der Waals surface area contributed by atoms with Crippen molar-refractivity contribution < 1.29 is 4.74 Å². The Bertz CT molecular complexity index is 1120. The number of rotatable bonds is 6. The van der Waals surface area contributed by atoms with Gasteiger partial charge in [0.1, 0.15) is 5.75 Å². The van der Waals surface area contributed by atoms with Crippen LogP contribution in [0.15, 0.2) is 72.1 Å². The quantitative estimate of drug-likeness (QED) is 0.346. The number of pyridine rings is 1. The van der Waals surface area contributed by atoms with Crippen molar-refractivity contribution in [2.24, 2.45) is 0 Å². The monoisotopic (exact) mass is 442 g/mol. The van der Waals surface area contributed by atoms with Gasteiger partial charge in [0.2, 0.25) is 0 Å². The summed E-state index contributed by atoms with van der Waals surface area (Å²) in [5.74, 6) is 2.22. The summed E-state index contributed by atoms with van der Waals surface area (Å²) in [5, 5.41) is 10.7. The lowest BCUT2D eigenvalue weighted by molar-refractivity contribution is 0.414. The molecule has 0 fully saturated rings. The van der Waals surface area contributed by atoms with Crippen LogP contribution in [0.4, 0.5) is 0 Å². The maximum Gasteiger partial charge on any atom is 0.196 e. The predicted octanol–water partition coefficient (Wildman–Crippen LogP) is 5.94. The van der Waals surface area contributed by atoms with Gasteiger partial charge in [-0.05, 0) is 54.1 Å². The summed E-state index contributed by atoms with van der Waals surface area (Å²) in [7, 11) is 1.65. The normalized spacial score (nSPS) is 10.9. The molecule has 29 heavy (non-hydrogen) atoms. The Morgan fingerprint density at radius 1 is 0.931 bits per heavy atom. The first kappa shape index (κ1) is 19.8. The minimum absolute atomic E-state index is 0.541. The maximum absolute atomic E-state index is 6.14. The molecule has 0 spiro atoms. The van der Waals surface area contributed by atoms with Crippen LogP contribution in [0.1, 0.15) is 5.56 Å². The van der Waals surface area contributed by atoms with Crippen LogP contribution in [-0.2, 0) is 5.75 Å². The zero-order chi connectivity index (χ0) is 20.2. The summed E-state index contributed by atoms with van der Waals surface area (Å²) in [4.78, 5) is 4.09. The van der Waals surface area contributed by atoms with Crippen molar-refractivity contribution in [3.63, 3.8) is 0 Å². The molecule has 2 aromatic heterocycles. The van der Waals surface area contributed by atoms with E-state index >= 15 is 0 Å². The maximum atomic E-state index is 6.14. The van der Waals surface area contributed by atoms with Crippen LogP contribution < -0.4 is 4.74 Å². The third-order valence-electron chi connectivity index (χ3n) is 4.25. The van der Waals surface area contributed by atoms with E-state index in [0.717, 1.165) is 33.5 Å². The third-order valence-corrected chi connectivity index (χ3v) is 5.99. The summed E-state index contributed by atoms with van der Waals surface area (Å²) in [6, 6.07) is 17.3. The zero-order valence-corrected chi connectivity index (χ0v) is 17.7. The van der Waals surface area contributed by atoms with E-state index in [9.17, 15) is 0 Å². The second kappa shape index (κ2) is 8.86. The molecule has 8 heteroatoms. The molecule has 0 aliphatic rings. The number of methoxy groups -OCH3 is 1. The number of nitrogens with zero attached hydrogens (tertiary/aromatic N) is 4. The summed E-state index contributed by atoms with van der Waals surface area (Å²) < 4.78 is 7.31. The van der Waals surface area contributed by atoms with Crippen molar-refractivity contribution in [3.05, 3.63) is 82.6 Å². The number of thioether (sulfide) groups is 1. The fourth-order valence-corrected chi connectivity index (χ4v) is 4.01. The van der Waals surface area contributed by atoms with E-state index in [-0.39, 0.29) is 0 Å². The zero-order valence-electron chi connectivity index (χ0n) is 15.4. The van der Waals surface area contributed by atoms with Crippen molar-refractivity contribution in [3.8, 4) is 22.8 Å². The number of aromatic nitrogens is 4. The van der Waals surface area contributed by atoms with Crippen LogP contribution in [0.25, 0.3) is 17.1 Å². The van der Waals surface area contributed by atoms with Crippen LogP contribution in [0.5, 0.6) is 5.75 Å². The van der Waals surface area contributed by atoms with Crippen molar-refractivity contribution >= 4 is 35.0 Å². The molecule has 4 rings (SSSR count). The molecule has 0 aliphatic heterocycles. The molecule has 0 saturated carbocycles. The minimum Gasteiger partial charge on any atom is -0.497 e. The first-order valence-electron chi connectivity index (χ1n) is 8.72. The van der Waals surface area contributed by atoms with E-state index in [2.05, 4.69) is 15.2 Å². The van der Waals surface area contributed by atoms with E-state index in [1.54, 1.807) is 37.3 Å². The molecule has 0 radical (unpaired) electrons. The van der Waals surface area contributed by atoms with Gasteiger partial charge in [0.25, 0.3) is 0 Å². The average molecular weight is 443 g/mol. The summed E-state index contributed by atoms with van der Waals surface area (Å²) in [6.07, 6.45) is 3.48. The number of ether oxygens (including phenoxy) is 1. The van der Waals surface area contributed by atoms with Crippen LogP contribution >= 0.6 is 35.0 Å². The van der Waals surface area contributed by atoms with Gasteiger partial charge in [-0.15, -0.1) is 10.2 Å². The molecule has 0 amide bonds. The summed E-state index contributed by atoms with van der Waals surface area (Å²) >= 11 is 13.7. The Labute approximate surface area is 182 Å². The molecular formula is C21H16Cl2N4OS. The Kier molecular flexibility index (Phi) is 6.04. The van der Waals surface area contributed by atoms with E-state index in [1.807, 2.05) is 53.1 Å². The molecule has 0 bridgehead atoms. The molecule has 0 unspecified atom stereocenters. The van der Waals surface area contributed by atoms with Gasteiger partial charge in [-0.3, -0.25) is 9.55 Å². The van der Waals surface area contributed by atoms with Crippen molar-refractivity contribution in [1.29, 1.82) is 0 Å². The number of halogens is 2. The highest BCUT2D eigenvalue weighted by atomic mass is 35.5. The van der Waals surface area contributed by atoms with Crippen LogP contribution in [0, 0.1) is 0 Å². The molecule has 2 aromatic carbocycles. The molecule has 146 valence electrons. The third kappa shape index (κ3) is 4.40. The predicted molar refractivity (Wildman–Crippen MR) is 117 cm³/mol. The van der Waals surface area contributed by atoms with Crippen LogP contribution in [0.3, 0.4) is 0 Å². The lowest BCUT2D eigenvalue weighted by Gasteiger charge is -2.11. The summed E-state index contributed by atoms with van der Waals surface area (Å²) in [6.45, 7) is 0. The highest BCUT2D eigenvalue weighted by Crippen LogP contribution is 2.31. The largest absolute Gasteiger partial charge is 0.497 e. The lowest BCUT2D eigenvalue weighted by Crippen LogP contribution is -2.00.